The first-order valence-electron chi connectivity index (χ1n) is 7.32. The van der Waals surface area contributed by atoms with Crippen molar-refractivity contribution >= 4 is 21.8 Å². The highest BCUT2D eigenvalue weighted by Crippen LogP contribution is 2.17. The van der Waals surface area contributed by atoms with Gasteiger partial charge >= 0.3 is 0 Å². The Kier molecular flexibility index (Phi) is 5.38. The first-order chi connectivity index (χ1) is 10.8. The van der Waals surface area contributed by atoms with Crippen LogP contribution in [0, 0.1) is 5.92 Å². The van der Waals surface area contributed by atoms with E-state index in [2.05, 4.69) is 10.0 Å². The van der Waals surface area contributed by atoms with Crippen LogP contribution in [0.15, 0.2) is 24.3 Å². The summed E-state index contributed by atoms with van der Waals surface area (Å²) in [6, 6.07) is 7.07. The molecule has 0 spiro atoms. The summed E-state index contributed by atoms with van der Waals surface area (Å²) < 4.78 is 25.7. The second-order valence-corrected chi connectivity index (χ2v) is 7.55. The fraction of sp³-hybridized carbons (Fsp3) is 0.467. The molecule has 1 aliphatic rings. The molecule has 2 amide bonds. The first-order valence-corrected chi connectivity index (χ1v) is 8.97. The first kappa shape index (κ1) is 17.4. The number of hydrogen-bond acceptors (Lipinski definition) is 4. The number of carbonyl (C=O) groups excluding carboxylic acids is 2. The van der Waals surface area contributed by atoms with Crippen LogP contribution in [0.3, 0.4) is 0 Å². The number of nitrogens with zero attached hydrogens (tertiary/aromatic N) is 1. The summed E-state index contributed by atoms with van der Waals surface area (Å²) in [4.78, 5) is 25.2. The van der Waals surface area contributed by atoms with Crippen molar-refractivity contribution in [2.45, 2.75) is 18.7 Å². The zero-order chi connectivity index (χ0) is 17.0. The molecule has 1 aliphatic heterocycles. The van der Waals surface area contributed by atoms with Crippen LogP contribution in [0.2, 0.25) is 0 Å². The minimum atomic E-state index is -3.38. The standard InChI is InChI=1S/C15H21N3O4S/c1-16-23(21,22)10-12-6-4-3-5-11(12)8-17-15(20)13-7-14(19)18(2)9-13/h3-6,13,16H,7-10H2,1-2H3,(H,17,20)/t13-/m1/s1. The Bertz CT molecular complexity index is 702. The molecule has 2 N–H and O–H groups in total. The normalized spacial score (nSPS) is 18.3. The lowest BCUT2D eigenvalue weighted by atomic mass is 10.1. The third-order valence-electron chi connectivity index (χ3n) is 3.94. The van der Waals surface area contributed by atoms with E-state index in [1.54, 1.807) is 31.3 Å². The smallest absolute Gasteiger partial charge is 0.225 e. The van der Waals surface area contributed by atoms with Gasteiger partial charge in [0.15, 0.2) is 0 Å². The molecule has 23 heavy (non-hydrogen) atoms. The Morgan fingerprint density at radius 3 is 2.52 bits per heavy atom. The zero-order valence-corrected chi connectivity index (χ0v) is 14.0. The maximum absolute atomic E-state index is 12.1. The van der Waals surface area contributed by atoms with E-state index in [1.807, 2.05) is 0 Å². The van der Waals surface area contributed by atoms with Gasteiger partial charge in [-0.05, 0) is 18.2 Å². The Hall–Kier alpha value is -1.93. The molecule has 1 saturated heterocycles. The predicted octanol–water partition coefficient (Wildman–Crippen LogP) is -0.170. The number of sulfonamides is 1. The van der Waals surface area contributed by atoms with Gasteiger partial charge < -0.3 is 10.2 Å². The average Bonchev–Trinajstić information content (AvgIpc) is 2.85. The van der Waals surface area contributed by atoms with Gasteiger partial charge in [-0.2, -0.15) is 0 Å². The van der Waals surface area contributed by atoms with E-state index in [1.165, 1.54) is 11.9 Å². The van der Waals surface area contributed by atoms with E-state index >= 15 is 0 Å². The fourth-order valence-electron chi connectivity index (χ4n) is 2.51. The molecule has 0 bridgehead atoms. The third-order valence-corrected chi connectivity index (χ3v) is 5.25. The van der Waals surface area contributed by atoms with Crippen molar-refractivity contribution < 1.29 is 18.0 Å². The molecule has 8 heteroatoms. The Labute approximate surface area is 136 Å². The Balaban J connectivity index is 2.01. The SMILES string of the molecule is CNS(=O)(=O)Cc1ccccc1CNC(=O)[C@@H]1CC(=O)N(C)C1. The van der Waals surface area contributed by atoms with Gasteiger partial charge in [0.2, 0.25) is 21.8 Å². The molecule has 1 aromatic rings. The van der Waals surface area contributed by atoms with Crippen LogP contribution in [0.4, 0.5) is 0 Å². The summed E-state index contributed by atoms with van der Waals surface area (Å²) in [6.45, 7) is 0.656. The number of rotatable bonds is 6. The fourth-order valence-corrected chi connectivity index (χ4v) is 3.35. The summed E-state index contributed by atoms with van der Waals surface area (Å²) in [5.41, 5.74) is 1.39. The van der Waals surface area contributed by atoms with Gasteiger partial charge in [-0.1, -0.05) is 24.3 Å². The van der Waals surface area contributed by atoms with Crippen molar-refractivity contribution in [1.82, 2.24) is 14.9 Å². The van der Waals surface area contributed by atoms with E-state index in [0.29, 0.717) is 12.1 Å². The van der Waals surface area contributed by atoms with Crippen LogP contribution < -0.4 is 10.0 Å². The van der Waals surface area contributed by atoms with Crippen molar-refractivity contribution in [3.05, 3.63) is 35.4 Å². The second-order valence-electron chi connectivity index (χ2n) is 5.63. The van der Waals surface area contributed by atoms with Crippen molar-refractivity contribution in [3.63, 3.8) is 0 Å². The number of hydrogen-bond donors (Lipinski definition) is 2. The molecule has 2 rings (SSSR count). The highest BCUT2D eigenvalue weighted by atomic mass is 32.2. The van der Waals surface area contributed by atoms with Crippen LogP contribution in [0.5, 0.6) is 0 Å². The average molecular weight is 339 g/mol. The lowest BCUT2D eigenvalue weighted by molar-refractivity contribution is -0.128. The Morgan fingerprint density at radius 2 is 1.96 bits per heavy atom. The van der Waals surface area contributed by atoms with Gasteiger partial charge in [-0.3, -0.25) is 9.59 Å². The van der Waals surface area contributed by atoms with E-state index in [4.69, 9.17) is 0 Å². The maximum atomic E-state index is 12.1. The topological polar surface area (TPSA) is 95.6 Å². The second kappa shape index (κ2) is 7.10. The summed E-state index contributed by atoms with van der Waals surface area (Å²) in [7, 11) is -0.335. The van der Waals surface area contributed by atoms with Crippen molar-refractivity contribution in [2.24, 2.45) is 5.92 Å². The summed E-state index contributed by atoms with van der Waals surface area (Å²) in [6.07, 6.45) is 0.220. The van der Waals surface area contributed by atoms with Gasteiger partial charge in [0, 0.05) is 26.6 Å². The largest absolute Gasteiger partial charge is 0.352 e. The molecular formula is C15H21N3O4S. The van der Waals surface area contributed by atoms with Gasteiger partial charge in [0.05, 0.1) is 11.7 Å². The lowest BCUT2D eigenvalue weighted by Crippen LogP contribution is -2.32. The van der Waals surface area contributed by atoms with Gasteiger partial charge in [0.1, 0.15) is 0 Å². The lowest BCUT2D eigenvalue weighted by Gasteiger charge is -2.13. The molecule has 1 aromatic carbocycles. The molecule has 7 nitrogen and oxygen atoms in total. The van der Waals surface area contributed by atoms with E-state index in [9.17, 15) is 18.0 Å². The minimum absolute atomic E-state index is 0.0364. The van der Waals surface area contributed by atoms with Gasteiger partial charge in [-0.25, -0.2) is 13.1 Å². The minimum Gasteiger partial charge on any atom is -0.352 e. The third kappa shape index (κ3) is 4.52. The monoisotopic (exact) mass is 339 g/mol. The summed E-state index contributed by atoms with van der Waals surface area (Å²) in [5.74, 6) is -0.708. The quantitative estimate of drug-likeness (QED) is 0.752. The van der Waals surface area contributed by atoms with Crippen LogP contribution in [-0.4, -0.2) is 45.8 Å². The van der Waals surface area contributed by atoms with E-state index in [-0.39, 0.29) is 36.5 Å². The van der Waals surface area contributed by atoms with Crippen molar-refractivity contribution in [1.29, 1.82) is 0 Å². The predicted molar refractivity (Wildman–Crippen MR) is 85.7 cm³/mol. The van der Waals surface area contributed by atoms with Crippen molar-refractivity contribution in [2.75, 3.05) is 20.6 Å². The Morgan fingerprint density at radius 1 is 1.30 bits per heavy atom. The molecular weight excluding hydrogens is 318 g/mol. The van der Waals surface area contributed by atoms with Gasteiger partial charge in [-0.15, -0.1) is 0 Å². The summed E-state index contributed by atoms with van der Waals surface area (Å²) >= 11 is 0. The molecule has 0 aromatic heterocycles. The van der Waals surface area contributed by atoms with Crippen molar-refractivity contribution in [3.8, 4) is 0 Å². The maximum Gasteiger partial charge on any atom is 0.225 e. The highest BCUT2D eigenvalue weighted by Gasteiger charge is 2.31. The van der Waals surface area contributed by atoms with Gasteiger partial charge in [0.25, 0.3) is 0 Å². The zero-order valence-electron chi connectivity index (χ0n) is 13.2. The van der Waals surface area contributed by atoms with E-state index < -0.39 is 10.0 Å². The summed E-state index contributed by atoms with van der Waals surface area (Å²) in [5, 5.41) is 2.79. The molecule has 126 valence electrons. The number of carbonyl (C=O) groups is 2. The highest BCUT2D eigenvalue weighted by molar-refractivity contribution is 7.88. The van der Waals surface area contributed by atoms with Crippen LogP contribution >= 0.6 is 0 Å². The number of likely N-dealkylation sites (tertiary alicyclic amines) is 1. The van der Waals surface area contributed by atoms with Crippen LogP contribution in [0.25, 0.3) is 0 Å². The van der Waals surface area contributed by atoms with Crippen LogP contribution in [-0.2, 0) is 31.9 Å². The molecule has 1 heterocycles. The number of amides is 2. The molecule has 0 saturated carbocycles. The molecule has 0 aliphatic carbocycles. The molecule has 1 atom stereocenters. The van der Waals surface area contributed by atoms with Crippen LogP contribution in [0.1, 0.15) is 17.5 Å². The molecule has 0 unspecified atom stereocenters. The number of benzene rings is 1. The molecule has 1 fully saturated rings. The number of nitrogens with one attached hydrogen (secondary N) is 2. The molecule has 0 radical (unpaired) electrons. The van der Waals surface area contributed by atoms with E-state index in [0.717, 1.165) is 5.56 Å².